The Balaban J connectivity index is 2.62. The van der Waals surface area contributed by atoms with Gasteiger partial charge in [0.05, 0.1) is 0 Å². The maximum atomic E-state index is 3.60. The Hall–Kier alpha value is -0.530. The van der Waals surface area contributed by atoms with Crippen LogP contribution in [0.25, 0.3) is 0 Å². The fourth-order valence-electron chi connectivity index (χ4n) is 0.129. The molecule has 0 aromatic heterocycles. The molecule has 1 N–H and O–H groups in total. The molecule has 0 aliphatic rings. The summed E-state index contributed by atoms with van der Waals surface area (Å²) in [5.74, 6) is 0. The number of nitrogens with one attached hydrogen (secondary N) is 1. The smallest absolute Gasteiger partial charge is 0.0217 e. The van der Waals surface area contributed by atoms with E-state index in [1.54, 1.807) is 13.3 Å². The Morgan fingerprint density at radius 2 is 2.40 bits per heavy atom. The zero-order chi connectivity index (χ0) is 4.12. The summed E-state index contributed by atoms with van der Waals surface area (Å²) in [5, 5.41) is 3.60. The van der Waals surface area contributed by atoms with E-state index < -0.39 is 0 Å². The molecule has 0 saturated carbocycles. The lowest BCUT2D eigenvalue weighted by Crippen LogP contribution is -1.90. The van der Waals surface area contributed by atoms with Gasteiger partial charge in [-0.25, -0.2) is 0 Å². The van der Waals surface area contributed by atoms with Gasteiger partial charge in [0.2, 0.25) is 0 Å². The molecule has 0 aliphatic carbocycles. The molecule has 0 atom stereocenters. The Bertz CT molecular complexity index is 31.9. The lowest BCUT2D eigenvalue weighted by molar-refractivity contribution is 0.906. The molecule has 5 heavy (non-hydrogen) atoms. The molecule has 0 spiro atoms. The second-order valence-corrected chi connectivity index (χ2v) is 0.611. The van der Waals surface area contributed by atoms with Crippen molar-refractivity contribution in [1.82, 2.24) is 5.43 Å². The van der Waals surface area contributed by atoms with Gasteiger partial charge in [-0.2, -0.15) is 5.10 Å². The topological polar surface area (TPSA) is 24.4 Å². The second kappa shape index (κ2) is 3.47. The van der Waals surface area contributed by atoms with Crippen molar-refractivity contribution in [3.05, 3.63) is 0 Å². The highest BCUT2D eigenvalue weighted by Gasteiger charge is 1.44. The molecule has 0 fully saturated rings. The third kappa shape index (κ3) is 3.47. The summed E-state index contributed by atoms with van der Waals surface area (Å²) >= 11 is 0. The number of hydrazone groups is 1. The first-order valence-corrected chi connectivity index (χ1v) is 1.56. The average molecular weight is 72.1 g/mol. The Kier molecular flexibility index (Phi) is 3.10. The van der Waals surface area contributed by atoms with Gasteiger partial charge >= 0.3 is 0 Å². The van der Waals surface area contributed by atoms with Crippen molar-refractivity contribution in [3.8, 4) is 0 Å². The van der Waals surface area contributed by atoms with Gasteiger partial charge in [-0.05, 0) is 6.92 Å². The van der Waals surface area contributed by atoms with Crippen molar-refractivity contribution in [3.63, 3.8) is 0 Å². The van der Waals surface area contributed by atoms with Crippen LogP contribution in [-0.4, -0.2) is 13.3 Å². The summed E-state index contributed by atoms with van der Waals surface area (Å²) in [7, 11) is 1.76. The van der Waals surface area contributed by atoms with Gasteiger partial charge in [0.15, 0.2) is 0 Å². The van der Waals surface area contributed by atoms with E-state index in [4.69, 9.17) is 0 Å². The van der Waals surface area contributed by atoms with Crippen LogP contribution in [0.4, 0.5) is 0 Å². The van der Waals surface area contributed by atoms with Crippen LogP contribution in [0.2, 0.25) is 0 Å². The fraction of sp³-hybridized carbons (Fsp3) is 0.667. The predicted molar refractivity (Wildman–Crippen MR) is 23.2 cm³/mol. The van der Waals surface area contributed by atoms with Gasteiger partial charge in [0.25, 0.3) is 0 Å². The average Bonchev–Trinajstić information content (AvgIpc) is 1.41. The Labute approximate surface area is 31.9 Å². The van der Waals surface area contributed by atoms with Crippen LogP contribution in [0, 0.1) is 0 Å². The molecular weight excluding hydrogens is 64.0 g/mol. The molecule has 0 amide bonds. The van der Waals surface area contributed by atoms with Crippen LogP contribution in [0.15, 0.2) is 5.10 Å². The minimum atomic E-state index is 1.69. The molecule has 0 heterocycles. The molecule has 0 aromatic carbocycles. The number of rotatable bonds is 1. The van der Waals surface area contributed by atoms with Crippen LogP contribution < -0.4 is 5.43 Å². The van der Waals surface area contributed by atoms with Crippen molar-refractivity contribution in [2.75, 3.05) is 7.05 Å². The minimum absolute atomic E-state index is 1.69. The SMILES string of the molecule is CC=NNC. The number of hydrogen-bond acceptors (Lipinski definition) is 2. The third-order valence-electron chi connectivity index (χ3n) is 0.258. The molecule has 0 bridgehead atoms. The quantitative estimate of drug-likeness (QED) is 0.347. The first kappa shape index (κ1) is 4.47. The Morgan fingerprint density at radius 1 is 1.80 bits per heavy atom. The highest BCUT2D eigenvalue weighted by Crippen LogP contribution is 1.41. The molecule has 2 heteroatoms. The van der Waals surface area contributed by atoms with E-state index in [1.807, 2.05) is 6.92 Å². The van der Waals surface area contributed by atoms with Crippen molar-refractivity contribution in [2.24, 2.45) is 5.10 Å². The summed E-state index contributed by atoms with van der Waals surface area (Å²) < 4.78 is 0. The Morgan fingerprint density at radius 3 is 2.40 bits per heavy atom. The van der Waals surface area contributed by atoms with E-state index in [0.29, 0.717) is 0 Å². The number of hydrogen-bond donors (Lipinski definition) is 1. The van der Waals surface area contributed by atoms with Crippen LogP contribution in [0.3, 0.4) is 0 Å². The molecule has 0 radical (unpaired) electrons. The highest BCUT2D eigenvalue weighted by molar-refractivity contribution is 5.52. The molecule has 0 rings (SSSR count). The van der Waals surface area contributed by atoms with E-state index in [1.165, 1.54) is 0 Å². The standard InChI is InChI=1S/C3H8N2/c1-3-5-4-2/h3-4H,1-2H3. The second-order valence-electron chi connectivity index (χ2n) is 0.611. The van der Waals surface area contributed by atoms with E-state index in [9.17, 15) is 0 Å². The van der Waals surface area contributed by atoms with Crippen molar-refractivity contribution in [1.29, 1.82) is 0 Å². The maximum absolute atomic E-state index is 3.60. The van der Waals surface area contributed by atoms with Gasteiger partial charge in [0, 0.05) is 13.3 Å². The zero-order valence-corrected chi connectivity index (χ0v) is 3.52. The maximum Gasteiger partial charge on any atom is 0.0217 e. The van der Waals surface area contributed by atoms with Gasteiger partial charge in [-0.15, -0.1) is 0 Å². The first-order chi connectivity index (χ1) is 2.41. The molecule has 30 valence electrons. The summed E-state index contributed by atoms with van der Waals surface area (Å²) in [6.45, 7) is 1.86. The molecule has 0 unspecified atom stereocenters. The fourth-order valence-corrected chi connectivity index (χ4v) is 0.129. The van der Waals surface area contributed by atoms with E-state index in [2.05, 4.69) is 10.5 Å². The van der Waals surface area contributed by atoms with Crippen molar-refractivity contribution < 1.29 is 0 Å². The van der Waals surface area contributed by atoms with Crippen LogP contribution in [-0.2, 0) is 0 Å². The predicted octanol–water partition coefficient (Wildman–Crippen LogP) is 0.211. The summed E-state index contributed by atoms with van der Waals surface area (Å²) in [5.41, 5.74) is 2.59. The van der Waals surface area contributed by atoms with Gasteiger partial charge < -0.3 is 5.43 Å². The molecular formula is C3H8N2. The van der Waals surface area contributed by atoms with E-state index in [-0.39, 0.29) is 0 Å². The van der Waals surface area contributed by atoms with Crippen LogP contribution >= 0.6 is 0 Å². The van der Waals surface area contributed by atoms with Gasteiger partial charge in [-0.1, -0.05) is 0 Å². The lowest BCUT2D eigenvalue weighted by atomic mass is 10.9. The zero-order valence-electron chi connectivity index (χ0n) is 3.52. The van der Waals surface area contributed by atoms with E-state index >= 15 is 0 Å². The summed E-state index contributed by atoms with van der Waals surface area (Å²) in [4.78, 5) is 0. The lowest BCUT2D eigenvalue weighted by Gasteiger charge is -1.75. The molecule has 0 aromatic rings. The molecule has 0 aliphatic heterocycles. The molecule has 0 saturated heterocycles. The monoisotopic (exact) mass is 72.1 g/mol. The largest absolute Gasteiger partial charge is 0.313 e. The highest BCUT2D eigenvalue weighted by atomic mass is 15.2. The number of nitrogens with zero attached hydrogens (tertiary/aromatic N) is 1. The third-order valence-corrected chi connectivity index (χ3v) is 0.258. The van der Waals surface area contributed by atoms with Crippen molar-refractivity contribution in [2.45, 2.75) is 6.92 Å². The molecule has 2 nitrogen and oxygen atoms in total. The van der Waals surface area contributed by atoms with E-state index in [0.717, 1.165) is 0 Å². The minimum Gasteiger partial charge on any atom is -0.313 e. The van der Waals surface area contributed by atoms with Crippen LogP contribution in [0.1, 0.15) is 6.92 Å². The first-order valence-electron chi connectivity index (χ1n) is 1.56. The summed E-state index contributed by atoms with van der Waals surface area (Å²) in [6, 6.07) is 0. The summed E-state index contributed by atoms with van der Waals surface area (Å²) in [6.07, 6.45) is 1.69. The van der Waals surface area contributed by atoms with Gasteiger partial charge in [0.1, 0.15) is 0 Å². The van der Waals surface area contributed by atoms with Crippen LogP contribution in [0.5, 0.6) is 0 Å². The van der Waals surface area contributed by atoms with Gasteiger partial charge in [-0.3, -0.25) is 0 Å². The normalized spacial score (nSPS) is 9.20. The van der Waals surface area contributed by atoms with Crippen molar-refractivity contribution >= 4 is 6.21 Å².